The first-order valence-electron chi connectivity index (χ1n) is 8.30. The Hall–Kier alpha value is -0.930. The van der Waals surface area contributed by atoms with Gasteiger partial charge in [0, 0.05) is 12.5 Å². The van der Waals surface area contributed by atoms with Crippen molar-refractivity contribution in [2.45, 2.75) is 52.0 Å². The van der Waals surface area contributed by atoms with Crippen molar-refractivity contribution in [1.82, 2.24) is 10.3 Å². The van der Waals surface area contributed by atoms with Crippen LogP contribution in [0, 0.1) is 11.8 Å². The van der Waals surface area contributed by atoms with Gasteiger partial charge in [0.25, 0.3) is 0 Å². The van der Waals surface area contributed by atoms with E-state index < -0.39 is 0 Å². The van der Waals surface area contributed by atoms with Crippen molar-refractivity contribution in [2.24, 2.45) is 11.8 Å². The molecule has 1 aromatic heterocycles. The van der Waals surface area contributed by atoms with Gasteiger partial charge in [0.2, 0.25) is 0 Å². The molecular formula is C18H26N2S. The van der Waals surface area contributed by atoms with Crippen molar-refractivity contribution in [1.29, 1.82) is 0 Å². The predicted molar refractivity (Wildman–Crippen MR) is 91.9 cm³/mol. The third-order valence-corrected chi connectivity index (χ3v) is 5.69. The van der Waals surface area contributed by atoms with Gasteiger partial charge in [-0.3, -0.25) is 0 Å². The molecule has 0 spiro atoms. The topological polar surface area (TPSA) is 24.9 Å². The lowest BCUT2D eigenvalue weighted by atomic mass is 9.88. The molecule has 1 aromatic carbocycles. The van der Waals surface area contributed by atoms with Crippen LogP contribution < -0.4 is 5.32 Å². The van der Waals surface area contributed by atoms with Gasteiger partial charge in [-0.2, -0.15) is 0 Å². The fourth-order valence-electron chi connectivity index (χ4n) is 3.45. The van der Waals surface area contributed by atoms with Crippen molar-refractivity contribution in [3.8, 4) is 0 Å². The second-order valence-corrected chi connectivity index (χ2v) is 7.76. The van der Waals surface area contributed by atoms with Crippen molar-refractivity contribution in [3.63, 3.8) is 0 Å². The average molecular weight is 302 g/mol. The molecule has 1 aliphatic rings. The molecule has 1 N–H and O–H groups in total. The van der Waals surface area contributed by atoms with Crippen LogP contribution >= 0.6 is 11.3 Å². The summed E-state index contributed by atoms with van der Waals surface area (Å²) in [4.78, 5) is 4.84. The van der Waals surface area contributed by atoms with Gasteiger partial charge in [0.1, 0.15) is 0 Å². The normalized spacial score (nSPS) is 17.9. The maximum atomic E-state index is 4.84. The summed E-state index contributed by atoms with van der Waals surface area (Å²) in [6, 6.07) is 9.09. The number of thiazole rings is 1. The molecule has 0 amide bonds. The molecule has 1 unspecified atom stereocenters. The third kappa shape index (κ3) is 3.83. The van der Waals surface area contributed by atoms with Gasteiger partial charge in [-0.05, 0) is 30.5 Å². The minimum absolute atomic E-state index is 0.573. The van der Waals surface area contributed by atoms with E-state index in [1.165, 1.54) is 40.9 Å². The van der Waals surface area contributed by atoms with Crippen LogP contribution in [0.3, 0.4) is 0 Å². The lowest BCUT2D eigenvalue weighted by Crippen LogP contribution is -2.33. The highest BCUT2D eigenvalue weighted by atomic mass is 32.1. The highest BCUT2D eigenvalue weighted by Gasteiger charge is 2.26. The molecule has 0 saturated heterocycles. The molecule has 3 rings (SSSR count). The van der Waals surface area contributed by atoms with Crippen LogP contribution in [0.4, 0.5) is 0 Å². The molecular weight excluding hydrogens is 276 g/mol. The van der Waals surface area contributed by atoms with Crippen molar-refractivity contribution in [3.05, 3.63) is 29.3 Å². The van der Waals surface area contributed by atoms with Crippen LogP contribution in [-0.4, -0.2) is 17.6 Å². The number of benzene rings is 1. The summed E-state index contributed by atoms with van der Waals surface area (Å²) >= 11 is 1.88. The average Bonchev–Trinajstić information content (AvgIpc) is 3.11. The quantitative estimate of drug-likeness (QED) is 0.840. The van der Waals surface area contributed by atoms with Crippen LogP contribution in [0.25, 0.3) is 10.2 Å². The smallest absolute Gasteiger partial charge is 0.0941 e. The number of para-hydroxylation sites is 1. The van der Waals surface area contributed by atoms with E-state index in [4.69, 9.17) is 4.98 Å². The largest absolute Gasteiger partial charge is 0.314 e. The molecule has 1 heterocycles. The Bertz CT molecular complexity index is 536. The molecule has 2 nitrogen and oxygen atoms in total. The molecule has 1 aliphatic carbocycles. The highest BCUT2D eigenvalue weighted by Crippen LogP contribution is 2.34. The van der Waals surface area contributed by atoms with E-state index in [0.29, 0.717) is 6.04 Å². The Balaban J connectivity index is 1.72. The van der Waals surface area contributed by atoms with E-state index in [-0.39, 0.29) is 0 Å². The standard InChI is InChI=1S/C18H26N2S/c1-13(2)19-12-15(14-7-3-4-8-14)11-18-20-16-9-5-6-10-17(16)21-18/h5-6,9-10,13-15,19H,3-4,7-8,11-12H2,1-2H3. The zero-order valence-electron chi connectivity index (χ0n) is 13.1. The fraction of sp³-hybridized carbons (Fsp3) is 0.611. The molecule has 1 atom stereocenters. The number of hydrogen-bond donors (Lipinski definition) is 1. The van der Waals surface area contributed by atoms with E-state index in [2.05, 4.69) is 43.4 Å². The maximum Gasteiger partial charge on any atom is 0.0941 e. The lowest BCUT2D eigenvalue weighted by molar-refractivity contribution is 0.312. The summed E-state index contributed by atoms with van der Waals surface area (Å²) in [6.07, 6.45) is 6.81. The van der Waals surface area contributed by atoms with Gasteiger partial charge in [-0.25, -0.2) is 4.98 Å². The maximum absolute atomic E-state index is 4.84. The highest BCUT2D eigenvalue weighted by molar-refractivity contribution is 7.18. The second-order valence-electron chi connectivity index (χ2n) is 6.65. The van der Waals surface area contributed by atoms with E-state index in [1.54, 1.807) is 0 Å². The molecule has 0 radical (unpaired) electrons. The first-order chi connectivity index (χ1) is 10.2. The van der Waals surface area contributed by atoms with Gasteiger partial charge in [-0.15, -0.1) is 11.3 Å². The number of nitrogens with one attached hydrogen (secondary N) is 1. The first kappa shape index (κ1) is 15.0. The summed E-state index contributed by atoms with van der Waals surface area (Å²) in [5, 5.41) is 4.97. The molecule has 114 valence electrons. The molecule has 1 fully saturated rings. The van der Waals surface area contributed by atoms with Crippen LogP contribution in [-0.2, 0) is 6.42 Å². The van der Waals surface area contributed by atoms with Gasteiger partial charge < -0.3 is 5.32 Å². The van der Waals surface area contributed by atoms with Gasteiger partial charge in [-0.1, -0.05) is 51.7 Å². The summed E-state index contributed by atoms with van der Waals surface area (Å²) in [7, 11) is 0. The number of rotatable bonds is 6. The van der Waals surface area contributed by atoms with Crippen LogP contribution in [0.5, 0.6) is 0 Å². The SMILES string of the molecule is CC(C)NCC(Cc1nc2ccccc2s1)C1CCCC1. The summed E-state index contributed by atoms with van der Waals surface area (Å²) < 4.78 is 1.33. The van der Waals surface area contributed by atoms with Gasteiger partial charge in [0.05, 0.1) is 15.2 Å². The fourth-order valence-corrected chi connectivity index (χ4v) is 4.51. The minimum atomic E-state index is 0.573. The van der Waals surface area contributed by atoms with Crippen LogP contribution in [0.1, 0.15) is 44.5 Å². The Kier molecular flexibility index (Phi) is 4.91. The number of nitrogens with zero attached hydrogens (tertiary/aromatic N) is 1. The Morgan fingerprint density at radius 3 is 2.71 bits per heavy atom. The third-order valence-electron chi connectivity index (χ3n) is 4.63. The minimum Gasteiger partial charge on any atom is -0.314 e. The Morgan fingerprint density at radius 2 is 2.00 bits per heavy atom. The van der Waals surface area contributed by atoms with Crippen molar-refractivity contribution < 1.29 is 0 Å². The Morgan fingerprint density at radius 1 is 1.24 bits per heavy atom. The Labute approximate surface area is 132 Å². The van der Waals surface area contributed by atoms with E-state index in [0.717, 1.165) is 24.8 Å². The predicted octanol–water partition coefficient (Wildman–Crippen LogP) is 4.64. The van der Waals surface area contributed by atoms with Gasteiger partial charge in [0.15, 0.2) is 0 Å². The second kappa shape index (κ2) is 6.89. The first-order valence-corrected chi connectivity index (χ1v) is 9.12. The van der Waals surface area contributed by atoms with Crippen LogP contribution in [0.15, 0.2) is 24.3 Å². The molecule has 21 heavy (non-hydrogen) atoms. The van der Waals surface area contributed by atoms with E-state index in [9.17, 15) is 0 Å². The number of aromatic nitrogens is 1. The zero-order valence-corrected chi connectivity index (χ0v) is 14.0. The summed E-state index contributed by atoms with van der Waals surface area (Å²) in [5.41, 5.74) is 1.17. The number of fused-ring (bicyclic) bond motifs is 1. The zero-order chi connectivity index (χ0) is 14.7. The molecule has 2 aromatic rings. The molecule has 0 bridgehead atoms. The lowest BCUT2D eigenvalue weighted by Gasteiger charge is -2.24. The van der Waals surface area contributed by atoms with E-state index >= 15 is 0 Å². The van der Waals surface area contributed by atoms with Crippen molar-refractivity contribution >= 4 is 21.6 Å². The monoisotopic (exact) mass is 302 g/mol. The summed E-state index contributed by atoms with van der Waals surface area (Å²) in [5.74, 6) is 1.64. The van der Waals surface area contributed by atoms with Gasteiger partial charge >= 0.3 is 0 Å². The molecule has 3 heteroatoms. The van der Waals surface area contributed by atoms with Crippen LogP contribution in [0.2, 0.25) is 0 Å². The number of hydrogen-bond acceptors (Lipinski definition) is 3. The van der Waals surface area contributed by atoms with E-state index in [1.807, 2.05) is 11.3 Å². The molecule has 0 aliphatic heterocycles. The summed E-state index contributed by atoms with van der Waals surface area (Å²) in [6.45, 7) is 5.62. The molecule has 1 saturated carbocycles. The van der Waals surface area contributed by atoms with Crippen molar-refractivity contribution in [2.75, 3.05) is 6.54 Å².